The summed E-state index contributed by atoms with van der Waals surface area (Å²) in [6, 6.07) is 4.70. The van der Waals surface area contributed by atoms with Crippen molar-refractivity contribution < 1.29 is 19.2 Å². The topological polar surface area (TPSA) is 72.6 Å². The molecule has 0 saturated heterocycles. The molecule has 0 radical (unpaired) electrons. The normalized spacial score (nSPS) is 12.2. The van der Waals surface area contributed by atoms with E-state index in [0.717, 1.165) is 23.5 Å². The predicted molar refractivity (Wildman–Crippen MR) is 73.1 cm³/mol. The van der Waals surface area contributed by atoms with E-state index in [2.05, 4.69) is 0 Å². The molecule has 5 nitrogen and oxygen atoms in total. The summed E-state index contributed by atoms with van der Waals surface area (Å²) in [5.74, 6) is -0.428. The fourth-order valence-electron chi connectivity index (χ4n) is 1.45. The van der Waals surface area contributed by atoms with E-state index in [0.29, 0.717) is 4.88 Å². The van der Waals surface area contributed by atoms with Gasteiger partial charge >= 0.3 is 5.69 Å². The summed E-state index contributed by atoms with van der Waals surface area (Å²) in [6.45, 7) is 1.49. The van der Waals surface area contributed by atoms with Crippen LogP contribution in [0.1, 0.15) is 17.9 Å². The maximum absolute atomic E-state index is 12.9. The molecule has 2 rings (SSSR count). The molecule has 0 aliphatic carbocycles. The van der Waals surface area contributed by atoms with Crippen molar-refractivity contribution in [1.29, 1.82) is 0 Å². The Hall–Kier alpha value is -1.70. The molecule has 8 heteroatoms. The minimum absolute atomic E-state index is 0.00583. The van der Waals surface area contributed by atoms with Crippen molar-refractivity contribution in [3.8, 4) is 10.8 Å². The molecular weight excluding hydrogens is 309 g/mol. The highest BCUT2D eigenvalue weighted by atomic mass is 35.5. The predicted octanol–water partition coefficient (Wildman–Crippen LogP) is 4.29. The molecule has 0 spiro atoms. The first-order valence-electron chi connectivity index (χ1n) is 5.47. The summed E-state index contributed by atoms with van der Waals surface area (Å²) in [5, 5.41) is 20.4. The fraction of sp³-hybridized carbons (Fsp3) is 0.167. The van der Waals surface area contributed by atoms with Gasteiger partial charge in [-0.15, -0.1) is 0 Å². The number of thiophene rings is 1. The number of nitro groups is 1. The van der Waals surface area contributed by atoms with Crippen LogP contribution >= 0.6 is 22.9 Å². The van der Waals surface area contributed by atoms with E-state index in [4.69, 9.17) is 16.3 Å². The molecular formula is C12H9ClFNO4S. The number of aliphatic hydroxyl groups is 1. The standard InChI is InChI=1S/C12H9ClFNO4S/c1-6(16)11-5-9(15(17)18)12(20-11)19-10-3-2-7(14)4-8(10)13/h2-6,16H,1H3/t6-/m1/s1. The number of halogens is 2. The Morgan fingerprint density at radius 1 is 1.50 bits per heavy atom. The van der Waals surface area contributed by atoms with Gasteiger partial charge in [-0.1, -0.05) is 22.9 Å². The van der Waals surface area contributed by atoms with Crippen LogP contribution in [0.2, 0.25) is 5.02 Å². The van der Waals surface area contributed by atoms with Gasteiger partial charge in [0, 0.05) is 10.9 Å². The molecule has 1 aromatic carbocycles. The third-order valence-corrected chi connectivity index (χ3v) is 3.87. The van der Waals surface area contributed by atoms with Crippen molar-refractivity contribution in [2.24, 2.45) is 0 Å². The Morgan fingerprint density at radius 3 is 2.75 bits per heavy atom. The number of hydrogen-bond donors (Lipinski definition) is 1. The summed E-state index contributed by atoms with van der Waals surface area (Å²) in [4.78, 5) is 10.7. The van der Waals surface area contributed by atoms with Gasteiger partial charge in [-0.2, -0.15) is 0 Å². The second-order valence-corrected chi connectivity index (χ2v) is 5.38. The van der Waals surface area contributed by atoms with E-state index >= 15 is 0 Å². The van der Waals surface area contributed by atoms with Gasteiger partial charge in [-0.05, 0) is 25.1 Å². The van der Waals surface area contributed by atoms with Crippen LogP contribution in [0.3, 0.4) is 0 Å². The van der Waals surface area contributed by atoms with Crippen LogP contribution in [0, 0.1) is 15.9 Å². The van der Waals surface area contributed by atoms with Gasteiger partial charge in [0.2, 0.25) is 0 Å². The lowest BCUT2D eigenvalue weighted by molar-refractivity contribution is -0.385. The van der Waals surface area contributed by atoms with Crippen LogP contribution in [-0.2, 0) is 0 Å². The summed E-state index contributed by atoms with van der Waals surface area (Å²) >= 11 is 6.74. The monoisotopic (exact) mass is 317 g/mol. The second-order valence-electron chi connectivity index (χ2n) is 3.93. The lowest BCUT2D eigenvalue weighted by atomic mass is 10.3. The fourth-order valence-corrected chi connectivity index (χ4v) is 2.58. The van der Waals surface area contributed by atoms with E-state index in [-0.39, 0.29) is 21.5 Å². The van der Waals surface area contributed by atoms with E-state index in [1.807, 2.05) is 0 Å². The third kappa shape index (κ3) is 3.06. The smallest absolute Gasteiger partial charge is 0.323 e. The highest BCUT2D eigenvalue weighted by molar-refractivity contribution is 7.14. The zero-order valence-electron chi connectivity index (χ0n) is 10.2. The van der Waals surface area contributed by atoms with Gasteiger partial charge in [-0.3, -0.25) is 10.1 Å². The third-order valence-electron chi connectivity index (χ3n) is 2.40. The quantitative estimate of drug-likeness (QED) is 0.674. The molecule has 0 saturated carbocycles. The highest BCUT2D eigenvalue weighted by Gasteiger charge is 2.23. The minimum atomic E-state index is -0.847. The molecule has 0 amide bonds. The molecule has 0 aliphatic rings. The van der Waals surface area contributed by atoms with Gasteiger partial charge < -0.3 is 9.84 Å². The van der Waals surface area contributed by atoms with E-state index in [1.165, 1.54) is 19.1 Å². The Kier molecular flexibility index (Phi) is 4.22. The molecule has 0 unspecified atom stereocenters. The maximum atomic E-state index is 12.9. The van der Waals surface area contributed by atoms with E-state index in [1.54, 1.807) is 0 Å². The average molecular weight is 318 g/mol. The SMILES string of the molecule is C[C@@H](O)c1cc([N+](=O)[O-])c(Oc2ccc(F)cc2Cl)s1. The number of ether oxygens (including phenoxy) is 1. The molecule has 1 atom stereocenters. The molecule has 0 aliphatic heterocycles. The first-order valence-corrected chi connectivity index (χ1v) is 6.67. The van der Waals surface area contributed by atoms with Gasteiger partial charge in [0.25, 0.3) is 5.06 Å². The second kappa shape index (κ2) is 5.74. The summed E-state index contributed by atoms with van der Waals surface area (Å²) < 4.78 is 18.3. The van der Waals surface area contributed by atoms with Crippen LogP contribution in [-0.4, -0.2) is 10.0 Å². The van der Waals surface area contributed by atoms with Gasteiger partial charge in [0.05, 0.1) is 16.0 Å². The van der Waals surface area contributed by atoms with Crippen LogP contribution in [0.5, 0.6) is 10.8 Å². The van der Waals surface area contributed by atoms with Gasteiger partial charge in [0.1, 0.15) is 11.6 Å². The van der Waals surface area contributed by atoms with E-state index < -0.39 is 16.8 Å². The Labute approximate surface area is 122 Å². The number of benzene rings is 1. The Morgan fingerprint density at radius 2 is 2.20 bits per heavy atom. The number of rotatable bonds is 4. The number of aliphatic hydroxyl groups excluding tert-OH is 1. The van der Waals surface area contributed by atoms with Crippen molar-refractivity contribution in [2.75, 3.05) is 0 Å². The number of nitrogens with zero attached hydrogens (tertiary/aromatic N) is 1. The zero-order valence-corrected chi connectivity index (χ0v) is 11.7. The zero-order chi connectivity index (χ0) is 14.9. The number of hydrogen-bond acceptors (Lipinski definition) is 5. The van der Waals surface area contributed by atoms with Crippen molar-refractivity contribution in [2.45, 2.75) is 13.0 Å². The molecule has 0 bridgehead atoms. The van der Waals surface area contributed by atoms with Crippen LogP contribution in [0.15, 0.2) is 24.3 Å². The molecule has 106 valence electrons. The van der Waals surface area contributed by atoms with Crippen molar-refractivity contribution in [1.82, 2.24) is 0 Å². The molecule has 2 aromatic rings. The largest absolute Gasteiger partial charge is 0.438 e. The lowest BCUT2D eigenvalue weighted by Gasteiger charge is -2.04. The van der Waals surface area contributed by atoms with Crippen LogP contribution in [0.4, 0.5) is 10.1 Å². The van der Waals surface area contributed by atoms with Crippen molar-refractivity contribution >= 4 is 28.6 Å². The molecule has 0 fully saturated rings. The van der Waals surface area contributed by atoms with E-state index in [9.17, 15) is 19.6 Å². The molecule has 20 heavy (non-hydrogen) atoms. The Balaban J connectivity index is 2.39. The molecule has 1 aromatic heterocycles. The summed E-state index contributed by atoms with van der Waals surface area (Å²) in [6.07, 6.45) is -0.847. The van der Waals surface area contributed by atoms with Gasteiger partial charge in [-0.25, -0.2) is 4.39 Å². The lowest BCUT2D eigenvalue weighted by Crippen LogP contribution is -1.90. The Bertz CT molecular complexity index is 659. The van der Waals surface area contributed by atoms with Crippen LogP contribution in [0.25, 0.3) is 0 Å². The average Bonchev–Trinajstić information content (AvgIpc) is 2.77. The summed E-state index contributed by atoms with van der Waals surface area (Å²) in [5.41, 5.74) is -0.272. The minimum Gasteiger partial charge on any atom is -0.438 e. The first-order chi connectivity index (χ1) is 9.38. The highest BCUT2D eigenvalue weighted by Crippen LogP contribution is 2.43. The van der Waals surface area contributed by atoms with Crippen molar-refractivity contribution in [3.05, 3.63) is 50.1 Å². The molecule has 1 heterocycles. The maximum Gasteiger partial charge on any atom is 0.323 e. The molecule has 1 N–H and O–H groups in total. The van der Waals surface area contributed by atoms with Gasteiger partial charge in [0.15, 0.2) is 0 Å². The van der Waals surface area contributed by atoms with Crippen molar-refractivity contribution in [3.63, 3.8) is 0 Å². The first kappa shape index (κ1) is 14.7. The summed E-state index contributed by atoms with van der Waals surface area (Å²) in [7, 11) is 0. The van der Waals surface area contributed by atoms with Crippen LogP contribution < -0.4 is 4.74 Å².